The maximum absolute atomic E-state index is 12.6. The molecular formula is C31H35F5. The van der Waals surface area contributed by atoms with E-state index < -0.39 is 11.6 Å². The van der Waals surface area contributed by atoms with Crippen LogP contribution in [0.3, 0.4) is 0 Å². The van der Waals surface area contributed by atoms with Crippen molar-refractivity contribution < 1.29 is 22.0 Å². The molecule has 0 bridgehead atoms. The summed E-state index contributed by atoms with van der Waals surface area (Å²) in [6.45, 7) is 10.5. The van der Waals surface area contributed by atoms with Gasteiger partial charge in [0.15, 0.2) is 0 Å². The monoisotopic (exact) mass is 502 g/mol. The van der Waals surface area contributed by atoms with Crippen molar-refractivity contribution in [3.8, 4) is 0 Å². The van der Waals surface area contributed by atoms with E-state index in [1.54, 1.807) is 45.0 Å². The number of hydrogen-bond acceptors (Lipinski definition) is 0. The van der Waals surface area contributed by atoms with Crippen LogP contribution in [-0.4, -0.2) is 0 Å². The van der Waals surface area contributed by atoms with E-state index in [9.17, 15) is 22.0 Å². The standard InChI is InChI=1S/2C8H9F.C7H6F2.C7H7F.CH4/c1-6-3-4-8(9)7(2)5-6;1-6-3-4-7(2)8(9)5-6;1-5-6(8)3-2-4-7(5)9;1-6-4-2-3-5-7(6)8;/h2*3-5H,1-2H3;2-4H,1H3;2-5H,1H3;1H4. The number of aryl methyl sites for hydroxylation is 5. The van der Waals surface area contributed by atoms with Gasteiger partial charge in [-0.3, -0.25) is 0 Å². The third-order valence-electron chi connectivity index (χ3n) is 4.92. The quantitative estimate of drug-likeness (QED) is 0.210. The average Bonchev–Trinajstić information content (AvgIpc) is 2.81. The second-order valence-electron chi connectivity index (χ2n) is 8.10. The summed E-state index contributed by atoms with van der Waals surface area (Å²) in [5.41, 5.74) is 4.28. The van der Waals surface area contributed by atoms with Gasteiger partial charge in [0.05, 0.1) is 0 Å². The van der Waals surface area contributed by atoms with Crippen molar-refractivity contribution in [2.45, 2.75) is 49.0 Å². The zero-order valence-electron chi connectivity index (χ0n) is 20.9. The molecule has 36 heavy (non-hydrogen) atoms. The van der Waals surface area contributed by atoms with E-state index in [0.717, 1.165) is 16.7 Å². The van der Waals surface area contributed by atoms with Gasteiger partial charge in [0.1, 0.15) is 29.1 Å². The molecule has 0 aliphatic rings. The smallest absolute Gasteiger partial charge is 0.129 e. The zero-order valence-corrected chi connectivity index (χ0v) is 20.9. The van der Waals surface area contributed by atoms with Crippen LogP contribution in [0.4, 0.5) is 22.0 Å². The lowest BCUT2D eigenvalue weighted by Gasteiger charge is -1.95. The van der Waals surface area contributed by atoms with Crippen LogP contribution in [0.15, 0.2) is 78.9 Å². The van der Waals surface area contributed by atoms with Crippen molar-refractivity contribution in [1.29, 1.82) is 0 Å². The Morgan fingerprint density at radius 3 is 1.22 bits per heavy atom. The molecule has 4 aromatic rings. The van der Waals surface area contributed by atoms with Crippen LogP contribution in [0.2, 0.25) is 0 Å². The molecule has 4 aromatic carbocycles. The van der Waals surface area contributed by atoms with E-state index in [0.29, 0.717) is 11.1 Å². The minimum absolute atomic E-state index is 0. The molecule has 0 N–H and O–H groups in total. The molecule has 0 fully saturated rings. The molecule has 0 spiro atoms. The third kappa shape index (κ3) is 11.8. The zero-order chi connectivity index (χ0) is 26.5. The van der Waals surface area contributed by atoms with Gasteiger partial charge in [0, 0.05) is 5.56 Å². The topological polar surface area (TPSA) is 0 Å². The summed E-state index contributed by atoms with van der Waals surface area (Å²) < 4.78 is 62.1. The lowest BCUT2D eigenvalue weighted by Crippen LogP contribution is -1.85. The fourth-order valence-electron chi connectivity index (χ4n) is 2.62. The lowest BCUT2D eigenvalue weighted by molar-refractivity contribution is 0.568. The first-order valence-corrected chi connectivity index (χ1v) is 11.0. The first kappa shape index (κ1) is 32.5. The number of hydrogen-bond donors (Lipinski definition) is 0. The van der Waals surface area contributed by atoms with Gasteiger partial charge in [-0.05, 0) is 94.1 Å². The lowest BCUT2D eigenvalue weighted by atomic mass is 10.1. The summed E-state index contributed by atoms with van der Waals surface area (Å²) in [5, 5.41) is 0. The summed E-state index contributed by atoms with van der Waals surface area (Å²) in [6.07, 6.45) is 0. The summed E-state index contributed by atoms with van der Waals surface area (Å²) >= 11 is 0. The van der Waals surface area contributed by atoms with Gasteiger partial charge in [0.25, 0.3) is 0 Å². The Morgan fingerprint density at radius 1 is 0.389 bits per heavy atom. The molecule has 0 radical (unpaired) electrons. The van der Waals surface area contributed by atoms with E-state index in [1.165, 1.54) is 43.3 Å². The van der Waals surface area contributed by atoms with Gasteiger partial charge in [-0.15, -0.1) is 0 Å². The van der Waals surface area contributed by atoms with Crippen molar-refractivity contribution in [1.82, 2.24) is 0 Å². The second-order valence-corrected chi connectivity index (χ2v) is 8.10. The second kappa shape index (κ2) is 16.2. The third-order valence-corrected chi connectivity index (χ3v) is 4.92. The Kier molecular flexibility index (Phi) is 14.7. The Hall–Kier alpha value is -3.47. The Morgan fingerprint density at radius 2 is 0.833 bits per heavy atom. The summed E-state index contributed by atoms with van der Waals surface area (Å²) in [5.74, 6) is -1.35. The van der Waals surface area contributed by atoms with Crippen molar-refractivity contribution >= 4 is 0 Å². The minimum atomic E-state index is -0.491. The summed E-state index contributed by atoms with van der Waals surface area (Å²) in [7, 11) is 0. The van der Waals surface area contributed by atoms with Crippen molar-refractivity contribution in [2.24, 2.45) is 0 Å². The molecule has 0 nitrogen and oxygen atoms in total. The van der Waals surface area contributed by atoms with E-state index in [1.807, 2.05) is 32.0 Å². The summed E-state index contributed by atoms with van der Waals surface area (Å²) in [4.78, 5) is 0. The molecule has 0 aliphatic heterocycles. The van der Waals surface area contributed by atoms with E-state index >= 15 is 0 Å². The van der Waals surface area contributed by atoms with Crippen LogP contribution in [-0.2, 0) is 0 Å². The maximum atomic E-state index is 12.6. The van der Waals surface area contributed by atoms with Crippen LogP contribution < -0.4 is 0 Å². The Labute approximate surface area is 212 Å². The molecule has 0 saturated carbocycles. The van der Waals surface area contributed by atoms with Gasteiger partial charge >= 0.3 is 0 Å². The highest BCUT2D eigenvalue weighted by atomic mass is 19.1. The summed E-state index contributed by atoms with van der Waals surface area (Å²) in [6, 6.07) is 20.8. The van der Waals surface area contributed by atoms with Gasteiger partial charge < -0.3 is 0 Å². The fraction of sp³-hybridized carbons (Fsp3) is 0.226. The van der Waals surface area contributed by atoms with E-state index in [2.05, 4.69) is 0 Å². The van der Waals surface area contributed by atoms with Crippen LogP contribution in [0.5, 0.6) is 0 Å². The van der Waals surface area contributed by atoms with Crippen LogP contribution in [0.25, 0.3) is 0 Å². The molecule has 4 rings (SSSR count). The van der Waals surface area contributed by atoms with Crippen LogP contribution in [0.1, 0.15) is 40.8 Å². The number of benzene rings is 4. The predicted octanol–water partition coefficient (Wildman–Crippen LogP) is 9.93. The Balaban J connectivity index is 0.000000450. The average molecular weight is 503 g/mol. The first-order valence-electron chi connectivity index (χ1n) is 11.0. The van der Waals surface area contributed by atoms with Crippen LogP contribution in [0, 0.1) is 70.6 Å². The number of halogens is 5. The largest absolute Gasteiger partial charge is 0.207 e. The molecule has 0 unspecified atom stereocenters. The highest BCUT2D eigenvalue weighted by molar-refractivity contribution is 5.23. The van der Waals surface area contributed by atoms with Gasteiger partial charge in [-0.1, -0.05) is 61.5 Å². The van der Waals surface area contributed by atoms with Gasteiger partial charge in [0.2, 0.25) is 0 Å². The molecular weight excluding hydrogens is 467 g/mol. The molecule has 194 valence electrons. The molecule has 5 heteroatoms. The van der Waals surface area contributed by atoms with Crippen molar-refractivity contribution in [3.63, 3.8) is 0 Å². The fourth-order valence-corrected chi connectivity index (χ4v) is 2.62. The highest BCUT2D eigenvalue weighted by Crippen LogP contribution is 2.09. The molecule has 0 saturated heterocycles. The molecule has 0 atom stereocenters. The minimum Gasteiger partial charge on any atom is -0.207 e. The first-order chi connectivity index (χ1) is 16.4. The molecule has 0 aromatic heterocycles. The van der Waals surface area contributed by atoms with E-state index in [4.69, 9.17) is 0 Å². The molecule has 0 amide bonds. The number of rotatable bonds is 0. The molecule has 0 heterocycles. The SMILES string of the molecule is C.Cc1c(F)cccc1F.Cc1ccc(C)c(F)c1.Cc1ccc(F)c(C)c1.Cc1ccccc1F. The normalized spacial score (nSPS) is 9.31. The van der Waals surface area contributed by atoms with Crippen molar-refractivity contribution in [3.05, 3.63) is 141 Å². The highest BCUT2D eigenvalue weighted by Gasteiger charge is 1.99. The van der Waals surface area contributed by atoms with Gasteiger partial charge in [-0.25, -0.2) is 22.0 Å². The van der Waals surface area contributed by atoms with Gasteiger partial charge in [-0.2, -0.15) is 0 Å². The predicted molar refractivity (Wildman–Crippen MR) is 141 cm³/mol. The van der Waals surface area contributed by atoms with Crippen LogP contribution >= 0.6 is 0 Å². The maximum Gasteiger partial charge on any atom is 0.129 e. The van der Waals surface area contributed by atoms with E-state index in [-0.39, 0.29) is 30.4 Å². The van der Waals surface area contributed by atoms with Crippen molar-refractivity contribution in [2.75, 3.05) is 0 Å². The Bertz CT molecular complexity index is 1120. The molecule has 0 aliphatic carbocycles.